The molecule has 2 saturated heterocycles. The zero-order chi connectivity index (χ0) is 26.8. The topological polar surface area (TPSA) is 109 Å². The van der Waals surface area contributed by atoms with Gasteiger partial charge in [0, 0.05) is 48.7 Å². The summed E-state index contributed by atoms with van der Waals surface area (Å²) in [5.41, 5.74) is 7.40. The normalized spacial score (nSPS) is 18.1. The number of fused-ring (bicyclic) bond motifs is 1. The average Bonchev–Trinajstić information content (AvgIpc) is 3.31. The van der Waals surface area contributed by atoms with E-state index in [1.54, 1.807) is 0 Å². The van der Waals surface area contributed by atoms with Crippen molar-refractivity contribution in [1.29, 1.82) is 0 Å². The quantitative estimate of drug-likeness (QED) is 0.337. The van der Waals surface area contributed by atoms with Gasteiger partial charge in [0.05, 0.1) is 5.69 Å². The van der Waals surface area contributed by atoms with E-state index in [0.29, 0.717) is 29.7 Å². The van der Waals surface area contributed by atoms with Crippen LogP contribution in [0, 0.1) is 6.92 Å². The molecule has 2 aliphatic heterocycles. The van der Waals surface area contributed by atoms with E-state index >= 15 is 0 Å². The summed E-state index contributed by atoms with van der Waals surface area (Å²) in [5, 5.41) is 5.08. The molecular formula is C30H43N7O. The summed E-state index contributed by atoms with van der Waals surface area (Å²) in [6.45, 7) is 11.4. The van der Waals surface area contributed by atoms with Crippen LogP contribution in [-0.4, -0.2) is 58.1 Å². The van der Waals surface area contributed by atoms with Crippen LogP contribution in [0.3, 0.4) is 0 Å². The van der Waals surface area contributed by atoms with E-state index in [-0.39, 0.29) is 0 Å². The Kier molecular flexibility index (Phi) is 7.79. The minimum atomic E-state index is 0.322. The lowest BCUT2D eigenvalue weighted by Gasteiger charge is -2.33. The number of aryl methyl sites for hydroxylation is 1. The van der Waals surface area contributed by atoms with E-state index in [9.17, 15) is 4.79 Å². The third-order valence-corrected chi connectivity index (χ3v) is 8.51. The van der Waals surface area contributed by atoms with E-state index in [2.05, 4.69) is 58.0 Å². The molecule has 0 saturated carbocycles. The van der Waals surface area contributed by atoms with Crippen molar-refractivity contribution < 1.29 is 4.79 Å². The van der Waals surface area contributed by atoms with Gasteiger partial charge in [0.25, 0.3) is 0 Å². The first-order valence-electron chi connectivity index (χ1n) is 14.2. The first-order valence-corrected chi connectivity index (χ1v) is 14.2. The smallest absolute Gasteiger partial charge is 0.223 e. The third-order valence-electron chi connectivity index (χ3n) is 8.51. The van der Waals surface area contributed by atoms with Gasteiger partial charge in [-0.3, -0.25) is 9.47 Å². The van der Waals surface area contributed by atoms with Crippen LogP contribution in [0.15, 0.2) is 35.6 Å². The molecule has 3 aromatic rings. The van der Waals surface area contributed by atoms with Gasteiger partial charge in [-0.1, -0.05) is 26.3 Å². The average molecular weight is 518 g/mol. The molecule has 5 N–H and O–H groups in total. The van der Waals surface area contributed by atoms with Gasteiger partial charge in [-0.2, -0.15) is 5.10 Å². The Balaban J connectivity index is 1.32. The fraction of sp³-hybridized carbons (Fsp3) is 0.533. The van der Waals surface area contributed by atoms with E-state index < -0.39 is 0 Å². The van der Waals surface area contributed by atoms with Gasteiger partial charge in [-0.25, -0.2) is 0 Å². The van der Waals surface area contributed by atoms with Gasteiger partial charge in [0.15, 0.2) is 5.49 Å². The number of piperidine rings is 2. The Morgan fingerprint density at radius 1 is 1.11 bits per heavy atom. The van der Waals surface area contributed by atoms with E-state index in [1.165, 1.54) is 40.5 Å². The van der Waals surface area contributed by atoms with Gasteiger partial charge >= 0.3 is 0 Å². The number of likely N-dealkylation sites (tertiary alicyclic amines) is 2. The van der Waals surface area contributed by atoms with E-state index in [4.69, 9.17) is 11.7 Å². The number of amides is 1. The molecule has 204 valence electrons. The third kappa shape index (κ3) is 5.32. The number of nitrogens with two attached hydrogens (primary N) is 2. The van der Waals surface area contributed by atoms with Gasteiger partial charge in [0.2, 0.25) is 5.91 Å². The van der Waals surface area contributed by atoms with Crippen LogP contribution in [0.5, 0.6) is 0 Å². The maximum absolute atomic E-state index is 12.9. The van der Waals surface area contributed by atoms with Crippen molar-refractivity contribution in [1.82, 2.24) is 19.5 Å². The van der Waals surface area contributed by atoms with Crippen molar-refractivity contribution in [2.45, 2.75) is 71.1 Å². The van der Waals surface area contributed by atoms with Crippen LogP contribution < -0.4 is 17.2 Å². The summed E-state index contributed by atoms with van der Waals surface area (Å²) < 4.78 is 1.49. The highest BCUT2D eigenvalue weighted by Gasteiger charge is 2.25. The molecule has 8 heteroatoms. The molecule has 4 heterocycles. The SMILES string of the molecule is Cc1cc(-c2[nH]c3ccc(C4CCN(C(=O)CCN5CCCCC5)CC4)cc3c2C(C)C)cn(N)/c1=N\N. The fourth-order valence-electron chi connectivity index (χ4n) is 6.42. The minimum absolute atomic E-state index is 0.322. The summed E-state index contributed by atoms with van der Waals surface area (Å²) in [6, 6.07) is 8.93. The van der Waals surface area contributed by atoms with Gasteiger partial charge in [-0.05, 0) is 92.4 Å². The van der Waals surface area contributed by atoms with Crippen molar-refractivity contribution in [3.05, 3.63) is 52.6 Å². The molecule has 8 nitrogen and oxygen atoms in total. The number of aromatic amines is 1. The maximum Gasteiger partial charge on any atom is 0.223 e. The van der Waals surface area contributed by atoms with Crippen LogP contribution in [-0.2, 0) is 4.79 Å². The van der Waals surface area contributed by atoms with Crippen LogP contribution in [0.25, 0.3) is 22.2 Å². The summed E-state index contributed by atoms with van der Waals surface area (Å²) in [6.07, 6.45) is 8.45. The van der Waals surface area contributed by atoms with Crippen molar-refractivity contribution in [2.24, 2.45) is 10.9 Å². The second-order valence-electron chi connectivity index (χ2n) is 11.5. The highest BCUT2D eigenvalue weighted by Crippen LogP contribution is 2.38. The molecule has 0 atom stereocenters. The molecule has 2 fully saturated rings. The number of nitrogens with one attached hydrogen (secondary N) is 1. The zero-order valence-electron chi connectivity index (χ0n) is 23.2. The highest BCUT2D eigenvalue weighted by atomic mass is 16.2. The molecular weight excluding hydrogens is 474 g/mol. The predicted molar refractivity (Wildman–Crippen MR) is 154 cm³/mol. The first kappa shape index (κ1) is 26.4. The predicted octanol–water partition coefficient (Wildman–Crippen LogP) is 4.14. The summed E-state index contributed by atoms with van der Waals surface area (Å²) >= 11 is 0. The van der Waals surface area contributed by atoms with Gasteiger partial charge in [-0.15, -0.1) is 0 Å². The summed E-state index contributed by atoms with van der Waals surface area (Å²) in [4.78, 5) is 21.1. The molecule has 1 amide bonds. The number of H-pyrrole nitrogens is 1. The van der Waals surface area contributed by atoms with Crippen molar-refractivity contribution in [3.63, 3.8) is 0 Å². The zero-order valence-corrected chi connectivity index (χ0v) is 23.2. The number of carbonyl (C=O) groups is 1. The summed E-state index contributed by atoms with van der Waals surface area (Å²) in [5.74, 6) is 12.9. The van der Waals surface area contributed by atoms with Crippen molar-refractivity contribution in [2.75, 3.05) is 38.6 Å². The van der Waals surface area contributed by atoms with E-state index in [0.717, 1.165) is 67.9 Å². The molecule has 0 aliphatic carbocycles. The molecule has 0 bridgehead atoms. The number of hydrogen-bond acceptors (Lipinski definition) is 5. The fourth-order valence-corrected chi connectivity index (χ4v) is 6.42. The number of benzene rings is 1. The Bertz CT molecular complexity index is 1330. The number of aromatic nitrogens is 2. The number of hydrogen-bond donors (Lipinski definition) is 3. The highest BCUT2D eigenvalue weighted by molar-refractivity contribution is 5.92. The summed E-state index contributed by atoms with van der Waals surface area (Å²) in [7, 11) is 0. The van der Waals surface area contributed by atoms with Crippen molar-refractivity contribution in [3.8, 4) is 11.3 Å². The van der Waals surface area contributed by atoms with Crippen LogP contribution >= 0.6 is 0 Å². The standard InChI is InChI=1S/C30H43N7O/c1-20(2)28-25-18-23(7-8-26(25)33-29(28)24-17-21(3)30(34-31)37(32)19-24)22-9-15-36(16-10-22)27(38)11-14-35-12-5-4-6-13-35/h7-8,17-20,22,33H,4-6,9-16,31-32H2,1-3H3/b34-30-. The molecule has 5 rings (SSSR count). The van der Waals surface area contributed by atoms with Crippen LogP contribution in [0.4, 0.5) is 0 Å². The van der Waals surface area contributed by atoms with Crippen LogP contribution in [0.2, 0.25) is 0 Å². The lowest BCUT2D eigenvalue weighted by Crippen LogP contribution is -2.40. The number of rotatable bonds is 6. The molecule has 2 aromatic heterocycles. The number of nitrogens with zero attached hydrogens (tertiary/aromatic N) is 4. The number of nitrogen functional groups attached to an aromatic ring is 1. The molecule has 0 spiro atoms. The van der Waals surface area contributed by atoms with E-state index in [1.807, 2.05) is 13.1 Å². The monoisotopic (exact) mass is 517 g/mol. The Hall–Kier alpha value is -3.26. The first-order chi connectivity index (χ1) is 18.4. The Morgan fingerprint density at radius 2 is 1.84 bits per heavy atom. The molecule has 0 unspecified atom stereocenters. The molecule has 0 radical (unpaired) electrons. The minimum Gasteiger partial charge on any atom is -0.354 e. The second-order valence-corrected chi connectivity index (χ2v) is 11.5. The maximum atomic E-state index is 12.9. The number of carbonyl (C=O) groups excluding carboxylic acids is 1. The molecule has 38 heavy (non-hydrogen) atoms. The lowest BCUT2D eigenvalue weighted by atomic mass is 9.87. The largest absolute Gasteiger partial charge is 0.354 e. The molecule has 2 aliphatic rings. The number of pyridine rings is 1. The molecule has 1 aromatic carbocycles. The lowest BCUT2D eigenvalue weighted by molar-refractivity contribution is -0.132. The van der Waals surface area contributed by atoms with Crippen LogP contribution in [0.1, 0.15) is 80.9 Å². The van der Waals surface area contributed by atoms with Gasteiger partial charge < -0.3 is 26.5 Å². The Labute approximate surface area is 225 Å². The van der Waals surface area contributed by atoms with Gasteiger partial charge in [0.1, 0.15) is 0 Å². The Morgan fingerprint density at radius 3 is 2.50 bits per heavy atom. The van der Waals surface area contributed by atoms with Crippen molar-refractivity contribution >= 4 is 16.8 Å². The second kappa shape index (κ2) is 11.2.